The molecule has 2 heterocycles. The fourth-order valence-electron chi connectivity index (χ4n) is 5.96. The third-order valence-corrected chi connectivity index (χ3v) is 8.40. The molecule has 0 aliphatic heterocycles. The van der Waals surface area contributed by atoms with E-state index >= 15 is 0 Å². The molecule has 6 aromatic carbocycles. The summed E-state index contributed by atoms with van der Waals surface area (Å²) in [7, 11) is 0. The van der Waals surface area contributed by atoms with Gasteiger partial charge in [0.15, 0.2) is 0 Å². The van der Waals surface area contributed by atoms with Crippen molar-refractivity contribution in [3.05, 3.63) is 151 Å². The SMILES string of the molecule is FC(F)(F)c1ccc(-c2ccc(-c3ccc4ccc(-c5ccc(-c6ccc7oc8ncccc8c7c6)cc5)cc4c3)cc2)cc1. The molecule has 0 saturated carbocycles. The van der Waals surface area contributed by atoms with Crippen molar-refractivity contribution in [2.75, 3.05) is 0 Å². The Labute approximate surface area is 257 Å². The van der Waals surface area contributed by atoms with Gasteiger partial charge in [-0.1, -0.05) is 91.0 Å². The molecule has 0 radical (unpaired) electrons. The molecule has 0 fully saturated rings. The molecule has 0 bridgehead atoms. The van der Waals surface area contributed by atoms with Crippen LogP contribution >= 0.6 is 0 Å². The Bertz CT molecular complexity index is 2330. The minimum atomic E-state index is -4.34. The average molecular weight is 592 g/mol. The summed E-state index contributed by atoms with van der Waals surface area (Å²) in [4.78, 5) is 4.34. The van der Waals surface area contributed by atoms with Crippen molar-refractivity contribution in [2.45, 2.75) is 6.18 Å². The van der Waals surface area contributed by atoms with Crippen LogP contribution in [0.4, 0.5) is 13.2 Å². The lowest BCUT2D eigenvalue weighted by Gasteiger charge is -2.10. The zero-order valence-corrected chi connectivity index (χ0v) is 23.8. The van der Waals surface area contributed by atoms with Gasteiger partial charge in [0, 0.05) is 17.0 Å². The van der Waals surface area contributed by atoms with Crippen molar-refractivity contribution >= 4 is 32.8 Å². The molecular formula is C40H24F3NO. The van der Waals surface area contributed by atoms with Gasteiger partial charge in [-0.3, -0.25) is 0 Å². The maximum absolute atomic E-state index is 12.9. The van der Waals surface area contributed by atoms with Gasteiger partial charge in [-0.15, -0.1) is 0 Å². The third-order valence-electron chi connectivity index (χ3n) is 8.40. The number of benzene rings is 6. The normalized spacial score (nSPS) is 11.9. The maximum atomic E-state index is 12.9. The third kappa shape index (κ3) is 5.02. The Morgan fingerprint density at radius 2 is 0.911 bits per heavy atom. The van der Waals surface area contributed by atoms with Crippen molar-refractivity contribution in [1.82, 2.24) is 4.98 Å². The number of hydrogen-bond acceptors (Lipinski definition) is 2. The number of rotatable bonds is 4. The van der Waals surface area contributed by atoms with E-state index < -0.39 is 11.7 Å². The number of furan rings is 1. The van der Waals surface area contributed by atoms with Gasteiger partial charge in [0.1, 0.15) is 5.58 Å². The fraction of sp³-hybridized carbons (Fsp3) is 0.0250. The maximum Gasteiger partial charge on any atom is 0.416 e. The first-order valence-corrected chi connectivity index (χ1v) is 14.6. The quantitative estimate of drug-likeness (QED) is 0.203. The fourth-order valence-corrected chi connectivity index (χ4v) is 5.96. The van der Waals surface area contributed by atoms with Crippen LogP contribution in [0.25, 0.3) is 77.3 Å². The van der Waals surface area contributed by atoms with Crippen molar-refractivity contribution in [2.24, 2.45) is 0 Å². The molecule has 8 aromatic rings. The van der Waals surface area contributed by atoms with E-state index in [1.807, 2.05) is 42.5 Å². The van der Waals surface area contributed by atoms with E-state index in [-0.39, 0.29) is 0 Å². The summed E-state index contributed by atoms with van der Waals surface area (Å²) in [6.45, 7) is 0. The molecule has 0 saturated heterocycles. The van der Waals surface area contributed by atoms with Crippen LogP contribution in [0.1, 0.15) is 5.56 Å². The van der Waals surface area contributed by atoms with Gasteiger partial charge in [-0.05, 0) is 104 Å². The summed E-state index contributed by atoms with van der Waals surface area (Å²) >= 11 is 0. The topological polar surface area (TPSA) is 26.0 Å². The summed E-state index contributed by atoms with van der Waals surface area (Å²) in [6.07, 6.45) is -2.60. The van der Waals surface area contributed by atoms with Crippen LogP contribution < -0.4 is 0 Å². The second-order valence-electron chi connectivity index (χ2n) is 11.2. The Morgan fingerprint density at radius 3 is 1.47 bits per heavy atom. The summed E-state index contributed by atoms with van der Waals surface area (Å²) in [5.74, 6) is 0. The Balaban J connectivity index is 1.06. The lowest BCUT2D eigenvalue weighted by atomic mass is 9.95. The number of pyridine rings is 1. The van der Waals surface area contributed by atoms with Crippen molar-refractivity contribution in [3.63, 3.8) is 0 Å². The zero-order valence-electron chi connectivity index (χ0n) is 23.8. The number of fused-ring (bicyclic) bond motifs is 4. The highest BCUT2D eigenvalue weighted by molar-refractivity contribution is 6.05. The van der Waals surface area contributed by atoms with E-state index in [0.717, 1.165) is 83.8 Å². The highest BCUT2D eigenvalue weighted by Gasteiger charge is 2.30. The lowest BCUT2D eigenvalue weighted by molar-refractivity contribution is -0.137. The van der Waals surface area contributed by atoms with Crippen LogP contribution in [0.3, 0.4) is 0 Å². The molecule has 0 unspecified atom stereocenters. The molecule has 2 aromatic heterocycles. The first-order valence-electron chi connectivity index (χ1n) is 14.6. The van der Waals surface area contributed by atoms with Crippen LogP contribution in [0.2, 0.25) is 0 Å². The second-order valence-corrected chi connectivity index (χ2v) is 11.2. The van der Waals surface area contributed by atoms with Crippen LogP contribution in [0, 0.1) is 0 Å². The van der Waals surface area contributed by atoms with Crippen molar-refractivity contribution in [1.29, 1.82) is 0 Å². The van der Waals surface area contributed by atoms with E-state index in [9.17, 15) is 13.2 Å². The summed E-state index contributed by atoms with van der Waals surface area (Å²) in [5.41, 5.74) is 9.07. The van der Waals surface area contributed by atoms with Gasteiger partial charge in [0.25, 0.3) is 0 Å². The van der Waals surface area contributed by atoms with E-state index in [1.54, 1.807) is 6.20 Å². The predicted molar refractivity (Wildman–Crippen MR) is 176 cm³/mol. The molecule has 2 nitrogen and oxygen atoms in total. The number of alkyl halides is 3. The van der Waals surface area contributed by atoms with Gasteiger partial charge in [0.05, 0.1) is 5.56 Å². The van der Waals surface area contributed by atoms with Gasteiger partial charge in [-0.25, -0.2) is 4.98 Å². The molecule has 0 amide bonds. The Kier molecular flexibility index (Phi) is 6.27. The van der Waals surface area contributed by atoms with Gasteiger partial charge in [0.2, 0.25) is 5.71 Å². The van der Waals surface area contributed by atoms with Crippen LogP contribution in [0.5, 0.6) is 0 Å². The standard InChI is InChI=1S/C40H24F3NO/c41-40(42,43)35-18-15-26(16-19-35)25-3-5-27(6-4-25)31-13-11-30-12-14-32(23-34(30)22-31)28-7-9-29(10-8-28)33-17-20-38-37(24-33)36-2-1-21-44-39(36)45-38/h1-24H. The van der Waals surface area contributed by atoms with Crippen LogP contribution in [0.15, 0.2) is 150 Å². The number of aromatic nitrogens is 1. The highest BCUT2D eigenvalue weighted by Crippen LogP contribution is 2.35. The Morgan fingerprint density at radius 1 is 0.444 bits per heavy atom. The van der Waals surface area contributed by atoms with E-state index in [4.69, 9.17) is 4.42 Å². The minimum Gasteiger partial charge on any atom is -0.438 e. The lowest BCUT2D eigenvalue weighted by Crippen LogP contribution is -2.03. The molecule has 216 valence electrons. The highest BCUT2D eigenvalue weighted by atomic mass is 19.4. The zero-order chi connectivity index (χ0) is 30.5. The first kappa shape index (κ1) is 26.9. The molecule has 5 heteroatoms. The number of nitrogens with zero attached hydrogens (tertiary/aromatic N) is 1. The molecule has 0 atom stereocenters. The largest absolute Gasteiger partial charge is 0.438 e. The minimum absolute atomic E-state index is 0.645. The first-order chi connectivity index (χ1) is 21.9. The van der Waals surface area contributed by atoms with Gasteiger partial charge >= 0.3 is 6.18 Å². The van der Waals surface area contributed by atoms with Crippen molar-refractivity contribution < 1.29 is 17.6 Å². The average Bonchev–Trinajstić information content (AvgIpc) is 3.46. The van der Waals surface area contributed by atoms with Crippen LogP contribution in [-0.4, -0.2) is 4.98 Å². The summed E-state index contributed by atoms with van der Waals surface area (Å²) in [6, 6.07) is 44.9. The number of halogens is 3. The van der Waals surface area contributed by atoms with E-state index in [0.29, 0.717) is 5.71 Å². The van der Waals surface area contributed by atoms with Crippen LogP contribution in [-0.2, 0) is 6.18 Å². The summed E-state index contributed by atoms with van der Waals surface area (Å²) < 4.78 is 44.7. The summed E-state index contributed by atoms with van der Waals surface area (Å²) in [5, 5.41) is 4.35. The molecule has 0 aliphatic rings. The van der Waals surface area contributed by atoms with Gasteiger partial charge < -0.3 is 4.42 Å². The Hall–Kier alpha value is -5.68. The second kappa shape index (κ2) is 10.5. The molecule has 45 heavy (non-hydrogen) atoms. The molecular weight excluding hydrogens is 567 g/mol. The monoisotopic (exact) mass is 591 g/mol. The molecule has 8 rings (SSSR count). The number of hydrogen-bond donors (Lipinski definition) is 0. The predicted octanol–water partition coefficient (Wildman–Crippen LogP) is 11.8. The molecule has 0 spiro atoms. The molecule has 0 N–H and O–H groups in total. The van der Waals surface area contributed by atoms with E-state index in [2.05, 4.69) is 77.8 Å². The smallest absolute Gasteiger partial charge is 0.416 e. The van der Waals surface area contributed by atoms with Gasteiger partial charge in [-0.2, -0.15) is 13.2 Å². The molecule has 0 aliphatic carbocycles. The van der Waals surface area contributed by atoms with Crippen molar-refractivity contribution in [3.8, 4) is 44.5 Å². The van der Waals surface area contributed by atoms with E-state index in [1.165, 1.54) is 12.1 Å².